The topological polar surface area (TPSA) is 54.5 Å². The second-order valence-electron chi connectivity index (χ2n) is 7.25. The third-order valence-electron chi connectivity index (χ3n) is 4.97. The smallest absolute Gasteiger partial charge is 0.248 e. The molecule has 4 rings (SSSR count). The second-order valence-corrected chi connectivity index (χ2v) is 8.31. The summed E-state index contributed by atoms with van der Waals surface area (Å²) in [4.78, 5) is 19.2. The quantitative estimate of drug-likeness (QED) is 0.529. The van der Waals surface area contributed by atoms with E-state index in [9.17, 15) is 4.79 Å². The normalized spacial score (nSPS) is 13.7. The van der Waals surface area contributed by atoms with E-state index >= 15 is 0 Å². The van der Waals surface area contributed by atoms with Gasteiger partial charge in [-0.2, -0.15) is 0 Å². The van der Waals surface area contributed by atoms with Crippen molar-refractivity contribution in [2.75, 3.05) is 23.3 Å². The predicted octanol–water partition coefficient (Wildman–Crippen LogP) is 5.28. The van der Waals surface area contributed by atoms with Crippen LogP contribution in [0.4, 0.5) is 11.4 Å². The van der Waals surface area contributed by atoms with Crippen LogP contribution in [0.5, 0.6) is 5.75 Å². The lowest BCUT2D eigenvalue weighted by molar-refractivity contribution is -0.111. The molecule has 1 fully saturated rings. The Morgan fingerprint density at radius 2 is 1.93 bits per heavy atom. The molecule has 1 aromatic heterocycles. The monoisotopic (exact) mass is 419 g/mol. The Morgan fingerprint density at radius 1 is 1.17 bits per heavy atom. The summed E-state index contributed by atoms with van der Waals surface area (Å²) in [6.07, 6.45) is 5.77. The molecule has 30 heavy (non-hydrogen) atoms. The van der Waals surface area contributed by atoms with Crippen molar-refractivity contribution in [1.29, 1.82) is 0 Å². The first-order valence-corrected chi connectivity index (χ1v) is 11.0. The molecule has 154 valence electrons. The minimum absolute atomic E-state index is 0.138. The van der Waals surface area contributed by atoms with Crippen LogP contribution < -0.4 is 15.0 Å². The highest BCUT2D eigenvalue weighted by atomic mass is 32.1. The first-order chi connectivity index (χ1) is 14.7. The molecule has 1 N–H and O–H groups in total. The molecule has 1 aliphatic heterocycles. The minimum Gasteiger partial charge on any atom is -0.487 e. The van der Waals surface area contributed by atoms with Crippen molar-refractivity contribution in [3.05, 3.63) is 76.3 Å². The standard InChI is InChI=1S/C24H25N3O2S/c1-18-25-20(17-30-18)16-29-21-11-8-19(9-12-21)10-13-24(28)26-22-6-2-3-7-23(22)27-14-4-5-15-27/h2-3,6-13,17H,4-5,14-16H2,1H3,(H,26,28)/b13-10+. The van der Waals surface area contributed by atoms with Gasteiger partial charge in [0.15, 0.2) is 0 Å². The largest absolute Gasteiger partial charge is 0.487 e. The number of nitrogens with zero attached hydrogens (tertiary/aromatic N) is 2. The van der Waals surface area contributed by atoms with Crippen LogP contribution in [0.2, 0.25) is 0 Å². The van der Waals surface area contributed by atoms with Crippen LogP contribution in [0.15, 0.2) is 60.0 Å². The number of carbonyl (C=O) groups excluding carboxylic acids is 1. The maximum atomic E-state index is 12.4. The van der Waals surface area contributed by atoms with E-state index < -0.39 is 0 Å². The molecular weight excluding hydrogens is 394 g/mol. The number of aryl methyl sites for hydroxylation is 1. The van der Waals surface area contributed by atoms with Crippen LogP contribution in [0, 0.1) is 6.92 Å². The van der Waals surface area contributed by atoms with Crippen LogP contribution in [0.1, 0.15) is 29.1 Å². The van der Waals surface area contributed by atoms with Gasteiger partial charge < -0.3 is 15.0 Å². The third kappa shape index (κ3) is 5.27. The van der Waals surface area contributed by atoms with Gasteiger partial charge in [0.05, 0.1) is 22.1 Å². The molecular formula is C24H25N3O2S. The number of thiazole rings is 1. The summed E-state index contributed by atoms with van der Waals surface area (Å²) in [5.41, 5.74) is 3.82. The van der Waals surface area contributed by atoms with Crippen LogP contribution in [0.3, 0.4) is 0 Å². The van der Waals surface area contributed by atoms with Crippen molar-refractivity contribution in [3.63, 3.8) is 0 Å². The van der Waals surface area contributed by atoms with E-state index in [4.69, 9.17) is 4.74 Å². The highest BCUT2D eigenvalue weighted by Gasteiger charge is 2.15. The number of hydrogen-bond donors (Lipinski definition) is 1. The van der Waals surface area contributed by atoms with E-state index in [0.29, 0.717) is 6.61 Å². The molecule has 0 unspecified atom stereocenters. The van der Waals surface area contributed by atoms with E-state index in [2.05, 4.69) is 21.3 Å². The van der Waals surface area contributed by atoms with Gasteiger partial charge in [-0.05, 0) is 55.7 Å². The molecule has 1 saturated heterocycles. The Morgan fingerprint density at radius 3 is 2.67 bits per heavy atom. The average Bonchev–Trinajstić information content (AvgIpc) is 3.44. The first kappa shape index (κ1) is 20.2. The van der Waals surface area contributed by atoms with Crippen molar-refractivity contribution in [2.45, 2.75) is 26.4 Å². The highest BCUT2D eigenvalue weighted by molar-refractivity contribution is 7.09. The van der Waals surface area contributed by atoms with Gasteiger partial charge in [-0.1, -0.05) is 24.3 Å². The van der Waals surface area contributed by atoms with Gasteiger partial charge in [0.25, 0.3) is 0 Å². The molecule has 2 heterocycles. The number of aromatic nitrogens is 1. The van der Waals surface area contributed by atoms with Gasteiger partial charge in [-0.25, -0.2) is 4.98 Å². The average molecular weight is 420 g/mol. The van der Waals surface area contributed by atoms with E-state index in [1.807, 2.05) is 54.8 Å². The molecule has 0 saturated carbocycles. The summed E-state index contributed by atoms with van der Waals surface area (Å²) in [6.45, 7) is 4.52. The van der Waals surface area contributed by atoms with Gasteiger partial charge in [0.2, 0.25) is 5.91 Å². The molecule has 2 aromatic carbocycles. The van der Waals surface area contributed by atoms with Crippen LogP contribution in [0.25, 0.3) is 6.08 Å². The first-order valence-electron chi connectivity index (χ1n) is 10.1. The lowest BCUT2D eigenvalue weighted by Crippen LogP contribution is -2.20. The number of nitrogens with one attached hydrogen (secondary N) is 1. The number of benzene rings is 2. The third-order valence-corrected chi connectivity index (χ3v) is 5.79. The van der Waals surface area contributed by atoms with E-state index in [-0.39, 0.29) is 5.91 Å². The van der Waals surface area contributed by atoms with E-state index in [1.54, 1.807) is 23.5 Å². The Bertz CT molecular complexity index is 1020. The Hall–Kier alpha value is -3.12. The fraction of sp³-hybridized carbons (Fsp3) is 0.250. The molecule has 6 heteroatoms. The zero-order valence-electron chi connectivity index (χ0n) is 17.0. The lowest BCUT2D eigenvalue weighted by atomic mass is 10.2. The fourth-order valence-corrected chi connectivity index (χ4v) is 4.06. The second kappa shape index (κ2) is 9.59. The molecule has 0 bridgehead atoms. The molecule has 3 aromatic rings. The Kier molecular flexibility index (Phi) is 6.44. The molecule has 0 spiro atoms. The fourth-order valence-electron chi connectivity index (χ4n) is 3.47. The molecule has 1 amide bonds. The lowest BCUT2D eigenvalue weighted by Gasteiger charge is -2.21. The molecule has 5 nitrogen and oxygen atoms in total. The maximum absolute atomic E-state index is 12.4. The molecule has 1 aliphatic rings. The van der Waals surface area contributed by atoms with Crippen molar-refractivity contribution in [1.82, 2.24) is 4.98 Å². The minimum atomic E-state index is -0.138. The van der Waals surface area contributed by atoms with Crippen LogP contribution >= 0.6 is 11.3 Å². The van der Waals surface area contributed by atoms with Crippen molar-refractivity contribution in [2.24, 2.45) is 0 Å². The summed E-state index contributed by atoms with van der Waals surface area (Å²) in [6, 6.07) is 15.7. The molecule has 0 atom stereocenters. The van der Waals surface area contributed by atoms with Gasteiger partial charge >= 0.3 is 0 Å². The van der Waals surface area contributed by atoms with Gasteiger partial charge in [-0.3, -0.25) is 4.79 Å². The number of ether oxygens (including phenoxy) is 1. The van der Waals surface area contributed by atoms with Crippen molar-refractivity contribution in [3.8, 4) is 5.75 Å². The van der Waals surface area contributed by atoms with Crippen molar-refractivity contribution >= 4 is 34.7 Å². The van der Waals surface area contributed by atoms with Crippen LogP contribution in [-0.4, -0.2) is 24.0 Å². The number of anilines is 2. The van der Waals surface area contributed by atoms with Gasteiger partial charge in [0.1, 0.15) is 12.4 Å². The number of hydrogen-bond acceptors (Lipinski definition) is 5. The van der Waals surface area contributed by atoms with Gasteiger partial charge in [-0.15, -0.1) is 11.3 Å². The van der Waals surface area contributed by atoms with E-state index in [0.717, 1.165) is 46.5 Å². The summed E-state index contributed by atoms with van der Waals surface area (Å²) < 4.78 is 5.76. The zero-order valence-corrected chi connectivity index (χ0v) is 17.8. The summed E-state index contributed by atoms with van der Waals surface area (Å²) in [5.74, 6) is 0.641. The van der Waals surface area contributed by atoms with E-state index in [1.165, 1.54) is 12.8 Å². The van der Waals surface area contributed by atoms with Gasteiger partial charge in [0, 0.05) is 24.5 Å². The number of carbonyl (C=O) groups is 1. The maximum Gasteiger partial charge on any atom is 0.248 e. The van der Waals surface area contributed by atoms with Crippen molar-refractivity contribution < 1.29 is 9.53 Å². The SMILES string of the molecule is Cc1nc(COc2ccc(/C=C/C(=O)Nc3ccccc3N3CCCC3)cc2)cs1. The number of para-hydroxylation sites is 2. The highest BCUT2D eigenvalue weighted by Crippen LogP contribution is 2.28. The summed E-state index contributed by atoms with van der Waals surface area (Å²) >= 11 is 1.62. The number of rotatable bonds is 7. The molecule has 0 radical (unpaired) electrons. The number of amides is 1. The summed E-state index contributed by atoms with van der Waals surface area (Å²) in [5, 5.41) is 6.06. The predicted molar refractivity (Wildman–Crippen MR) is 123 cm³/mol. The summed E-state index contributed by atoms with van der Waals surface area (Å²) in [7, 11) is 0. The zero-order chi connectivity index (χ0) is 20.8. The Balaban J connectivity index is 1.33. The van der Waals surface area contributed by atoms with Crippen LogP contribution in [-0.2, 0) is 11.4 Å². The molecule has 0 aliphatic carbocycles. The Labute approximate surface area is 181 Å².